The van der Waals surface area contributed by atoms with Crippen molar-refractivity contribution >= 4 is 18.5 Å². The van der Waals surface area contributed by atoms with Gasteiger partial charge < -0.3 is 26.6 Å². The Hall–Kier alpha value is -1.83. The minimum Gasteiger partial charge on any atom is -0.480 e. The molecule has 0 saturated heterocycles. The average Bonchev–Trinajstić information content (AvgIpc) is 2.22. The molecular weight excluding hydrogens is 254 g/mol. The van der Waals surface area contributed by atoms with E-state index in [9.17, 15) is 14.4 Å². The van der Waals surface area contributed by atoms with Gasteiger partial charge in [-0.1, -0.05) is 0 Å². The van der Waals surface area contributed by atoms with E-state index >= 15 is 0 Å². The molecule has 8 heteroatoms. The Morgan fingerprint density at radius 2 is 1.95 bits per heavy atom. The van der Waals surface area contributed by atoms with Crippen LogP contribution in [-0.2, 0) is 14.3 Å². The Balaban J connectivity index is 0. The molecule has 1 radical (unpaired) electrons. The summed E-state index contributed by atoms with van der Waals surface area (Å²) in [5.74, 6) is -1.03. The van der Waals surface area contributed by atoms with Gasteiger partial charge in [-0.05, 0) is 33.6 Å². The Morgan fingerprint density at radius 1 is 1.42 bits per heavy atom. The van der Waals surface area contributed by atoms with Crippen LogP contribution in [0.15, 0.2) is 0 Å². The zero-order valence-electron chi connectivity index (χ0n) is 11.4. The summed E-state index contributed by atoms with van der Waals surface area (Å²) in [4.78, 5) is 29.8. The summed E-state index contributed by atoms with van der Waals surface area (Å²) in [5.41, 5.74) is 9.59. The highest BCUT2D eigenvalue weighted by molar-refractivity contribution is 5.73. The molecule has 8 nitrogen and oxygen atoms in total. The number of primary amides is 1. The van der Waals surface area contributed by atoms with E-state index in [2.05, 4.69) is 10.1 Å². The van der Waals surface area contributed by atoms with Crippen LogP contribution in [0.1, 0.15) is 33.6 Å². The van der Waals surface area contributed by atoms with E-state index in [1.54, 1.807) is 20.8 Å². The topological polar surface area (TPSA) is 145 Å². The van der Waals surface area contributed by atoms with Crippen LogP contribution in [-0.4, -0.2) is 41.8 Å². The monoisotopic (exact) mass is 276 g/mol. The van der Waals surface area contributed by atoms with E-state index in [1.807, 2.05) is 0 Å². The highest BCUT2D eigenvalue weighted by atomic mass is 16.5. The zero-order chi connectivity index (χ0) is 15.5. The number of hydrogen-bond acceptors (Lipinski definition) is 5. The van der Waals surface area contributed by atoms with Crippen LogP contribution >= 0.6 is 0 Å². The van der Waals surface area contributed by atoms with Gasteiger partial charge in [0.15, 0.2) is 0 Å². The van der Waals surface area contributed by atoms with Gasteiger partial charge in [-0.15, -0.1) is 0 Å². The fourth-order valence-corrected chi connectivity index (χ4v) is 0.782. The lowest BCUT2D eigenvalue weighted by Gasteiger charge is -2.13. The second-order valence-electron chi connectivity index (χ2n) is 4.68. The van der Waals surface area contributed by atoms with Crippen LogP contribution in [0.5, 0.6) is 0 Å². The summed E-state index contributed by atoms with van der Waals surface area (Å²) >= 11 is 0. The first-order chi connectivity index (χ1) is 8.60. The summed E-state index contributed by atoms with van der Waals surface area (Å²) in [6, 6.07) is -1.47. The Labute approximate surface area is 112 Å². The van der Waals surface area contributed by atoms with Gasteiger partial charge in [-0.2, -0.15) is 0 Å². The van der Waals surface area contributed by atoms with Crippen LogP contribution < -0.4 is 16.8 Å². The second kappa shape index (κ2) is 10.1. The van der Waals surface area contributed by atoms with Crippen LogP contribution in [0.25, 0.3) is 0 Å². The predicted molar refractivity (Wildman–Crippen MR) is 69.0 cm³/mol. The lowest BCUT2D eigenvalue weighted by molar-refractivity contribution is -0.138. The SMILES string of the molecule is CC(C)(C)O[C]=O.NC(=O)NCCC[C@H](N)C(=O)O. The van der Waals surface area contributed by atoms with E-state index in [-0.39, 0.29) is 5.60 Å². The number of rotatable bonds is 6. The van der Waals surface area contributed by atoms with Gasteiger partial charge in [-0.3, -0.25) is 4.79 Å². The van der Waals surface area contributed by atoms with Crippen molar-refractivity contribution in [1.29, 1.82) is 0 Å². The molecule has 0 unspecified atom stereocenters. The number of ether oxygens (including phenoxy) is 1. The molecule has 19 heavy (non-hydrogen) atoms. The highest BCUT2D eigenvalue weighted by Gasteiger charge is 2.10. The van der Waals surface area contributed by atoms with E-state index in [1.165, 1.54) is 6.47 Å². The van der Waals surface area contributed by atoms with Crippen molar-refractivity contribution < 1.29 is 24.2 Å². The number of hydrogen-bond donors (Lipinski definition) is 4. The van der Waals surface area contributed by atoms with Gasteiger partial charge in [0.05, 0.1) is 0 Å². The molecule has 0 aromatic rings. The number of aliphatic carboxylic acids is 1. The number of carbonyl (C=O) groups excluding carboxylic acids is 2. The molecule has 1 atom stereocenters. The summed E-state index contributed by atoms with van der Waals surface area (Å²) in [7, 11) is 0. The molecule has 0 fully saturated rings. The molecule has 2 amide bonds. The smallest absolute Gasteiger partial charge is 0.418 e. The predicted octanol–water partition coefficient (Wildman–Crippen LogP) is -0.284. The molecular formula is C11H22N3O5. The van der Waals surface area contributed by atoms with Crippen molar-refractivity contribution in [2.24, 2.45) is 11.5 Å². The van der Waals surface area contributed by atoms with Crippen molar-refractivity contribution in [2.75, 3.05) is 6.54 Å². The molecule has 0 aromatic carbocycles. The normalized spacial score (nSPS) is 11.6. The minimum absolute atomic E-state index is 0.329. The number of nitrogens with one attached hydrogen (secondary N) is 1. The fraction of sp³-hybridized carbons (Fsp3) is 0.727. The lowest BCUT2D eigenvalue weighted by atomic mass is 10.2. The Bertz CT molecular complexity index is 289. The zero-order valence-corrected chi connectivity index (χ0v) is 11.4. The van der Waals surface area contributed by atoms with Crippen molar-refractivity contribution in [3.63, 3.8) is 0 Å². The van der Waals surface area contributed by atoms with Crippen molar-refractivity contribution in [2.45, 2.75) is 45.3 Å². The highest BCUT2D eigenvalue weighted by Crippen LogP contribution is 2.02. The second-order valence-corrected chi connectivity index (χ2v) is 4.68. The molecule has 111 valence electrons. The van der Waals surface area contributed by atoms with Crippen LogP contribution in [0.2, 0.25) is 0 Å². The number of nitrogens with two attached hydrogens (primary N) is 2. The van der Waals surface area contributed by atoms with Gasteiger partial charge in [0, 0.05) is 6.54 Å². The summed E-state index contributed by atoms with van der Waals surface area (Å²) < 4.78 is 4.42. The quantitative estimate of drug-likeness (QED) is 0.491. The first kappa shape index (κ1) is 19.5. The third-order valence-corrected chi connectivity index (χ3v) is 1.66. The van der Waals surface area contributed by atoms with Gasteiger partial charge in [0.2, 0.25) is 0 Å². The number of carboxylic acids is 1. The molecule has 6 N–H and O–H groups in total. The van der Waals surface area contributed by atoms with Crippen LogP contribution in [0.4, 0.5) is 4.79 Å². The van der Waals surface area contributed by atoms with Crippen molar-refractivity contribution in [3.05, 3.63) is 0 Å². The third-order valence-electron chi connectivity index (χ3n) is 1.66. The molecule has 0 bridgehead atoms. The van der Waals surface area contributed by atoms with Crippen LogP contribution in [0, 0.1) is 0 Å². The summed E-state index contributed by atoms with van der Waals surface area (Å²) in [5, 5.41) is 10.7. The maximum Gasteiger partial charge on any atom is 0.418 e. The van der Waals surface area contributed by atoms with E-state index in [0.29, 0.717) is 19.4 Å². The van der Waals surface area contributed by atoms with Gasteiger partial charge in [0.1, 0.15) is 11.6 Å². The summed E-state index contributed by atoms with van der Waals surface area (Å²) in [6.07, 6.45) is 0.839. The van der Waals surface area contributed by atoms with Gasteiger partial charge in [-0.25, -0.2) is 9.59 Å². The molecule has 0 heterocycles. The fourth-order valence-electron chi connectivity index (χ4n) is 0.782. The van der Waals surface area contributed by atoms with E-state index in [0.717, 1.165) is 0 Å². The van der Waals surface area contributed by atoms with E-state index in [4.69, 9.17) is 16.6 Å². The Morgan fingerprint density at radius 3 is 2.21 bits per heavy atom. The standard InChI is InChI=1S/C6H13N3O3.C5H9O2/c7-4(5(10)11)2-1-3-9-6(8)12;1-5(2,3)7-4-6/h4H,1-3,7H2,(H,10,11)(H3,8,9,12);1-3H3/t4-;/m0./s1. The lowest BCUT2D eigenvalue weighted by Crippen LogP contribution is -2.33. The first-order valence-corrected chi connectivity index (χ1v) is 5.67. The molecule has 0 aromatic heterocycles. The molecule has 0 aliphatic carbocycles. The molecule has 0 spiro atoms. The van der Waals surface area contributed by atoms with Crippen LogP contribution in [0.3, 0.4) is 0 Å². The maximum absolute atomic E-state index is 10.2. The molecule has 0 rings (SSSR count). The molecule has 0 aliphatic rings. The number of urea groups is 1. The summed E-state index contributed by atoms with van der Waals surface area (Å²) in [6.45, 7) is 7.08. The largest absolute Gasteiger partial charge is 0.480 e. The number of carbonyl (C=O) groups is 2. The number of amides is 2. The molecule has 0 aliphatic heterocycles. The minimum atomic E-state index is -1.03. The van der Waals surface area contributed by atoms with Crippen molar-refractivity contribution in [1.82, 2.24) is 5.32 Å². The van der Waals surface area contributed by atoms with Gasteiger partial charge >= 0.3 is 18.5 Å². The average molecular weight is 276 g/mol. The van der Waals surface area contributed by atoms with E-state index < -0.39 is 18.0 Å². The maximum atomic E-state index is 10.2. The third kappa shape index (κ3) is 18.7. The number of carboxylic acid groups (broad SMARTS) is 1. The molecule has 0 saturated carbocycles. The first-order valence-electron chi connectivity index (χ1n) is 5.67. The van der Waals surface area contributed by atoms with Crippen molar-refractivity contribution in [3.8, 4) is 0 Å². The van der Waals surface area contributed by atoms with Gasteiger partial charge in [0.25, 0.3) is 0 Å². The Kier molecular flexibility index (Phi) is 10.4.